The monoisotopic (exact) mass is 555 g/mol. The molecule has 2 nitrogen and oxygen atoms in total. The van der Waals surface area contributed by atoms with Crippen molar-refractivity contribution in [2.24, 2.45) is 0 Å². The van der Waals surface area contributed by atoms with Crippen molar-refractivity contribution in [1.82, 2.24) is 0 Å². The van der Waals surface area contributed by atoms with Crippen LogP contribution in [0.25, 0.3) is 0 Å². The fraction of sp³-hybridized carbons (Fsp3) is 0.333. The van der Waals surface area contributed by atoms with Gasteiger partial charge in [-0.1, -0.05) is 0 Å². The van der Waals surface area contributed by atoms with Crippen molar-refractivity contribution in [2.75, 3.05) is 0 Å². The predicted octanol–water partition coefficient (Wildman–Crippen LogP) is 2.37. The van der Waals surface area contributed by atoms with Gasteiger partial charge in [-0.3, -0.25) is 6.29 Å². The first-order valence-corrected chi connectivity index (χ1v) is 15.9. The summed E-state index contributed by atoms with van der Waals surface area (Å²) in [5, 5.41) is -0.167. The van der Waals surface area contributed by atoms with E-state index in [1.54, 1.807) is 0 Å². The van der Waals surface area contributed by atoms with Crippen LogP contribution in [0.4, 0.5) is 0 Å². The molecule has 0 fully saturated rings. The Morgan fingerprint density at radius 1 is 1.33 bits per heavy atom. The molecule has 0 saturated heterocycles. The van der Waals surface area contributed by atoms with E-state index >= 15 is 0 Å². The molecule has 0 aliphatic heterocycles. The van der Waals surface area contributed by atoms with Gasteiger partial charge >= 0.3 is 64.7 Å². The van der Waals surface area contributed by atoms with E-state index in [1.165, 1.54) is 13.2 Å². The fourth-order valence-electron chi connectivity index (χ4n) is 0. The van der Waals surface area contributed by atoms with E-state index in [0.29, 0.717) is 0 Å². The van der Waals surface area contributed by atoms with Crippen LogP contribution >= 0.6 is 59.3 Å². The predicted molar refractivity (Wildman–Crippen MR) is 59.1 cm³/mol. The van der Waals surface area contributed by atoms with Crippen LogP contribution in [0.5, 0.6) is 0 Å². The summed E-state index contributed by atoms with van der Waals surface area (Å²) in [6.07, 6.45) is 1.50. The van der Waals surface area contributed by atoms with E-state index in [2.05, 4.69) is 66.0 Å². The second-order valence-corrected chi connectivity index (χ2v) is 38.2. The number of hydrogen-bond acceptors (Lipinski definition) is 2. The normalized spacial score (nSPS) is 6.89. The van der Waals surface area contributed by atoms with E-state index in [-0.39, 0.29) is 5.41 Å². The fourth-order valence-corrected chi connectivity index (χ4v) is 0. The van der Waals surface area contributed by atoms with E-state index in [0.717, 1.165) is 0 Å². The van der Waals surface area contributed by atoms with Gasteiger partial charge in [-0.05, 0) is 0 Å². The molecular weight excluding hydrogens is 552 g/mol. The van der Waals surface area contributed by atoms with Gasteiger partial charge in [-0.15, -0.1) is 0 Å². The third kappa shape index (κ3) is 146. The quantitative estimate of drug-likeness (QED) is 0.262. The Bertz CT molecular complexity index is 49.6. The van der Waals surface area contributed by atoms with Crippen LogP contribution in [0.3, 0.4) is 0 Å². The van der Waals surface area contributed by atoms with Gasteiger partial charge in [0.05, 0.1) is 0 Å². The zero-order chi connectivity index (χ0) is 8.28. The van der Waals surface area contributed by atoms with Gasteiger partial charge in [-0.25, -0.2) is 0 Å². The van der Waals surface area contributed by atoms with Gasteiger partial charge in [0.2, 0.25) is 0 Å². The van der Waals surface area contributed by atoms with E-state index in [4.69, 9.17) is 9.59 Å². The maximum absolute atomic E-state index is 8.68. The van der Waals surface area contributed by atoms with Crippen molar-refractivity contribution in [3.8, 4) is 0 Å². The van der Waals surface area contributed by atoms with E-state index in [1.807, 2.05) is 0 Å². The van der Waals surface area contributed by atoms with Crippen molar-refractivity contribution in [3.63, 3.8) is 0 Å². The molecule has 0 spiro atoms. The SMILES string of the molecule is C[C-]=O.[C-]=O.[I][Rh]([I])[I]. The van der Waals surface area contributed by atoms with Crippen LogP contribution in [0.2, 0.25) is 0 Å². The number of carbonyl (C=O) groups excluding carboxylic acids is 2. The molecule has 59 valence electrons. The Hall–Kier alpha value is 2.15. The van der Waals surface area contributed by atoms with Gasteiger partial charge in [-0.2, -0.15) is 6.92 Å². The van der Waals surface area contributed by atoms with Crippen LogP contribution in [-0.2, 0) is 15.0 Å². The zero-order valence-electron chi connectivity index (χ0n) is 4.28. The van der Waals surface area contributed by atoms with Crippen LogP contribution in [0.15, 0.2) is 0 Å². The Balaban J connectivity index is -0.0000000646. The van der Waals surface area contributed by atoms with Crippen molar-refractivity contribution in [1.29, 1.82) is 0 Å². The summed E-state index contributed by atoms with van der Waals surface area (Å²) in [5.74, 6) is 0. The first-order valence-electron chi connectivity index (χ1n) is 1.29. The first kappa shape index (κ1) is 17.3. The molecule has 0 unspecified atom stereocenters. The molecule has 0 N–H and O–H groups in total. The summed E-state index contributed by atoms with van der Waals surface area (Å²) in [7, 11) is 0. The van der Waals surface area contributed by atoms with Gasteiger partial charge in [0.25, 0.3) is 0 Å². The molecule has 0 saturated carbocycles. The van der Waals surface area contributed by atoms with Crippen LogP contribution in [0, 0.1) is 0 Å². The third-order valence-electron chi connectivity index (χ3n) is 0. The van der Waals surface area contributed by atoms with Gasteiger partial charge < -0.3 is 16.4 Å². The molecule has 0 atom stereocenters. The summed E-state index contributed by atoms with van der Waals surface area (Å²) in [6.45, 7) is 5.82. The average molecular weight is 555 g/mol. The zero-order valence-corrected chi connectivity index (χ0v) is 12.4. The molecule has 0 aliphatic carbocycles. The van der Waals surface area contributed by atoms with Crippen molar-refractivity contribution >= 4 is 72.3 Å². The van der Waals surface area contributed by atoms with Crippen molar-refractivity contribution in [3.05, 3.63) is 0 Å². The molecule has 6 heteroatoms. The molecule has 0 aromatic rings. The molecule has 0 heterocycles. The second-order valence-electron chi connectivity index (χ2n) is 0.347. The summed E-state index contributed by atoms with van der Waals surface area (Å²) in [4.78, 5) is 16.2. The Morgan fingerprint density at radius 2 is 1.33 bits per heavy atom. The molecular formula is C3H3I3O2Rh-2. The van der Waals surface area contributed by atoms with Crippen molar-refractivity contribution < 1.29 is 15.0 Å². The van der Waals surface area contributed by atoms with E-state index < -0.39 is 0 Å². The molecule has 0 aliphatic rings. The molecule has 0 aromatic heterocycles. The Labute approximate surface area is 92.4 Å². The molecule has 1 radical (unpaired) electrons. The maximum atomic E-state index is 8.68. The molecule has 0 amide bonds. The van der Waals surface area contributed by atoms with Gasteiger partial charge in [0.1, 0.15) is 0 Å². The molecule has 0 rings (SSSR count). The number of rotatable bonds is 0. The number of hydrogen-bond donors (Lipinski definition) is 0. The molecule has 0 aromatic carbocycles. The summed E-state index contributed by atoms with van der Waals surface area (Å²) in [5.41, 5.74) is 0. The van der Waals surface area contributed by atoms with Crippen molar-refractivity contribution in [2.45, 2.75) is 6.92 Å². The second kappa shape index (κ2) is 22.5. The average Bonchev–Trinajstić information content (AvgIpc) is 1.71. The standard InChI is InChI=1S/C2H3O.CO.3HI.Rh/c1-2-3;1-2;;;;/h1H3;;3*1H;/q2*-1;;;;+3/p-3. The van der Waals surface area contributed by atoms with E-state index in [9.17, 15) is 0 Å². The molecule has 9 heavy (non-hydrogen) atoms. The minimum atomic E-state index is -0.167. The Kier molecular flexibility index (Phi) is 43.2. The van der Waals surface area contributed by atoms with Crippen LogP contribution in [-0.4, -0.2) is 13.1 Å². The number of halogens is 3. The van der Waals surface area contributed by atoms with Gasteiger partial charge in [0.15, 0.2) is 0 Å². The minimum absolute atomic E-state index is 0.167. The first-order chi connectivity index (χ1) is 4.15. The third-order valence-corrected chi connectivity index (χ3v) is 0. The summed E-state index contributed by atoms with van der Waals surface area (Å²) in [6, 6.07) is 0. The van der Waals surface area contributed by atoms with Crippen LogP contribution < -0.4 is 0 Å². The van der Waals surface area contributed by atoms with Crippen LogP contribution in [0.1, 0.15) is 6.92 Å². The summed E-state index contributed by atoms with van der Waals surface area (Å²) >= 11 is 7.34. The Morgan fingerprint density at radius 3 is 1.33 bits per heavy atom. The molecule has 0 bridgehead atoms. The summed E-state index contributed by atoms with van der Waals surface area (Å²) < 4.78 is 0. The topological polar surface area (TPSA) is 34.1 Å². The van der Waals surface area contributed by atoms with Gasteiger partial charge in [0, 0.05) is 0 Å².